The van der Waals surface area contributed by atoms with Crippen molar-refractivity contribution in [2.75, 3.05) is 13.2 Å². The number of rotatable bonds is 28. The van der Waals surface area contributed by atoms with Crippen LogP contribution >= 0.6 is 0 Å². The number of nitrogens with one attached hydrogen (secondary N) is 9. The number of carbonyl (C=O) groups is 11. The Morgan fingerprint density at radius 3 is 1.52 bits per heavy atom. The number of aliphatic hydroxyl groups is 3. The Morgan fingerprint density at radius 1 is 0.562 bits per heavy atom. The zero-order valence-electron chi connectivity index (χ0n) is 49.2. The summed E-state index contributed by atoms with van der Waals surface area (Å²) in [7, 11) is 0. The SMILES string of the molecule is CCCCCCC[C@@H](O)CC(=O)N[C@@H](CC(C)C)C(=O)N[C@H](CCC(=O)O)C(=O)N[C@H]1C(=O)N[C@H]([C@H](C)CC)C(=O)N[C@H](CC(C)C)C(=O)N[C@H](CO)C(=O)N[C@@H](CC(C)C)C(=O)N[C@H](CO)C(=O)N[C@@H]([C@@H](C)CC)C(=O)O[C@H]1C. The molecule has 1 aliphatic rings. The molecule has 13 atom stereocenters. The van der Waals surface area contributed by atoms with Gasteiger partial charge in [0.25, 0.3) is 0 Å². The van der Waals surface area contributed by atoms with Crippen molar-refractivity contribution < 1.29 is 77.9 Å². The summed E-state index contributed by atoms with van der Waals surface area (Å²) in [6, 6.07) is -14.1. The van der Waals surface area contributed by atoms with Gasteiger partial charge in [0.15, 0.2) is 0 Å². The number of aliphatic hydroxyl groups excluding tert-OH is 3. The number of cyclic esters (lactones) is 1. The molecule has 9 amide bonds. The molecule has 0 spiro atoms. The van der Waals surface area contributed by atoms with E-state index < -0.39 is 170 Å². The molecule has 1 fully saturated rings. The van der Waals surface area contributed by atoms with E-state index in [1.165, 1.54) is 6.92 Å². The van der Waals surface area contributed by atoms with Crippen LogP contribution in [-0.4, -0.2) is 165 Å². The largest absolute Gasteiger partial charge is 0.481 e. The van der Waals surface area contributed by atoms with Crippen molar-refractivity contribution in [1.82, 2.24) is 47.9 Å². The van der Waals surface area contributed by atoms with E-state index in [0.29, 0.717) is 12.8 Å². The van der Waals surface area contributed by atoms with Gasteiger partial charge < -0.3 is 73.0 Å². The van der Waals surface area contributed by atoms with Crippen molar-refractivity contribution in [3.63, 3.8) is 0 Å². The van der Waals surface area contributed by atoms with Gasteiger partial charge in [-0.2, -0.15) is 0 Å². The van der Waals surface area contributed by atoms with Gasteiger partial charge in [0.1, 0.15) is 60.5 Å². The van der Waals surface area contributed by atoms with Crippen LogP contribution in [0.25, 0.3) is 0 Å². The first-order valence-electron chi connectivity index (χ1n) is 28.6. The number of carboxylic acid groups (broad SMARTS) is 1. The highest BCUT2D eigenvalue weighted by Crippen LogP contribution is 2.17. The number of aliphatic carboxylic acids is 1. The molecule has 0 aromatic heterocycles. The van der Waals surface area contributed by atoms with Gasteiger partial charge in [-0.25, -0.2) is 4.79 Å². The highest BCUT2D eigenvalue weighted by molar-refractivity contribution is 5.99. The Morgan fingerprint density at radius 2 is 1.04 bits per heavy atom. The Bertz CT molecular complexity index is 2040. The van der Waals surface area contributed by atoms with Crippen LogP contribution in [0.15, 0.2) is 0 Å². The van der Waals surface area contributed by atoms with Crippen LogP contribution in [-0.2, 0) is 57.5 Å². The highest BCUT2D eigenvalue weighted by Gasteiger charge is 2.41. The Hall–Kier alpha value is -5.95. The van der Waals surface area contributed by atoms with Gasteiger partial charge in [0, 0.05) is 6.42 Å². The second kappa shape index (κ2) is 37.1. The predicted octanol–water partition coefficient (Wildman–Crippen LogP) is 0.486. The van der Waals surface area contributed by atoms with Gasteiger partial charge >= 0.3 is 11.9 Å². The first-order valence-corrected chi connectivity index (χ1v) is 28.6. The molecule has 0 aromatic rings. The molecule has 13 N–H and O–H groups in total. The van der Waals surface area contributed by atoms with Gasteiger partial charge in [0.05, 0.1) is 25.7 Å². The fourth-order valence-electron chi connectivity index (χ4n) is 8.78. The minimum absolute atomic E-state index is 0.00960. The molecule has 0 aliphatic carbocycles. The third kappa shape index (κ3) is 26.1. The summed E-state index contributed by atoms with van der Waals surface area (Å²) in [6.45, 7) is 18.5. The summed E-state index contributed by atoms with van der Waals surface area (Å²) < 4.78 is 5.85. The Kier molecular flexibility index (Phi) is 33.5. The van der Waals surface area contributed by atoms with E-state index in [-0.39, 0.29) is 56.3 Å². The molecule has 1 aliphatic heterocycles. The van der Waals surface area contributed by atoms with Crippen LogP contribution in [0, 0.1) is 29.6 Å². The number of ether oxygens (including phenoxy) is 1. The third-order valence-corrected chi connectivity index (χ3v) is 13.9. The van der Waals surface area contributed by atoms with Crippen LogP contribution in [0.5, 0.6) is 0 Å². The van der Waals surface area contributed by atoms with Crippen molar-refractivity contribution in [1.29, 1.82) is 0 Å². The van der Waals surface area contributed by atoms with Crippen LogP contribution in [0.2, 0.25) is 0 Å². The highest BCUT2D eigenvalue weighted by atomic mass is 16.5. The fourth-order valence-corrected chi connectivity index (χ4v) is 8.78. The molecular formula is C55H97N9O16. The van der Waals surface area contributed by atoms with E-state index in [4.69, 9.17) is 4.74 Å². The van der Waals surface area contributed by atoms with E-state index in [0.717, 1.165) is 25.7 Å². The number of hydrogen-bond acceptors (Lipinski definition) is 15. The Balaban J connectivity index is 4.04. The van der Waals surface area contributed by atoms with Crippen molar-refractivity contribution in [2.45, 2.75) is 240 Å². The van der Waals surface area contributed by atoms with Crippen LogP contribution in [0.1, 0.15) is 173 Å². The summed E-state index contributed by atoms with van der Waals surface area (Å²) in [5.41, 5.74) is 0. The van der Waals surface area contributed by atoms with Gasteiger partial charge in [-0.1, -0.05) is 121 Å². The summed E-state index contributed by atoms with van der Waals surface area (Å²) in [5.74, 6) is -13.3. The number of carbonyl (C=O) groups excluding carboxylic acids is 10. The minimum atomic E-state index is -1.95. The second-order valence-corrected chi connectivity index (χ2v) is 22.5. The zero-order chi connectivity index (χ0) is 61.0. The number of unbranched alkanes of at least 4 members (excludes halogenated alkanes) is 4. The molecular weight excluding hydrogens is 1040 g/mol. The van der Waals surface area contributed by atoms with Crippen molar-refractivity contribution >= 4 is 65.1 Å². The lowest BCUT2D eigenvalue weighted by atomic mass is 9.96. The van der Waals surface area contributed by atoms with Gasteiger partial charge in [0.2, 0.25) is 53.2 Å². The van der Waals surface area contributed by atoms with Crippen molar-refractivity contribution in [3.8, 4) is 0 Å². The molecule has 458 valence electrons. The van der Waals surface area contributed by atoms with Gasteiger partial charge in [-0.05, 0) is 68.6 Å². The van der Waals surface area contributed by atoms with E-state index in [1.807, 2.05) is 0 Å². The van der Waals surface area contributed by atoms with Crippen molar-refractivity contribution in [2.24, 2.45) is 29.6 Å². The summed E-state index contributed by atoms with van der Waals surface area (Å²) in [6.07, 6.45) is 1.31. The quantitative estimate of drug-likeness (QED) is 0.0374. The number of hydrogen-bond donors (Lipinski definition) is 13. The fraction of sp³-hybridized carbons (Fsp3) is 0.800. The molecule has 25 nitrogen and oxygen atoms in total. The van der Waals surface area contributed by atoms with Crippen LogP contribution in [0.3, 0.4) is 0 Å². The first kappa shape index (κ1) is 72.1. The summed E-state index contributed by atoms with van der Waals surface area (Å²) >= 11 is 0. The molecule has 0 saturated carbocycles. The van der Waals surface area contributed by atoms with E-state index in [9.17, 15) is 73.2 Å². The molecule has 1 heterocycles. The molecule has 25 heteroatoms. The van der Waals surface area contributed by atoms with Crippen LogP contribution in [0.4, 0.5) is 0 Å². The summed E-state index contributed by atoms with van der Waals surface area (Å²) in [5, 5.41) is 63.7. The number of amides is 9. The van der Waals surface area contributed by atoms with E-state index >= 15 is 0 Å². The molecule has 0 aromatic carbocycles. The molecule has 0 bridgehead atoms. The molecule has 80 heavy (non-hydrogen) atoms. The predicted molar refractivity (Wildman–Crippen MR) is 295 cm³/mol. The number of esters is 1. The smallest absolute Gasteiger partial charge is 0.329 e. The first-order chi connectivity index (χ1) is 37.5. The number of carboxylic acids is 1. The molecule has 1 saturated heterocycles. The zero-order valence-corrected chi connectivity index (χ0v) is 49.2. The third-order valence-electron chi connectivity index (χ3n) is 13.9. The van der Waals surface area contributed by atoms with Gasteiger partial charge in [-0.3, -0.25) is 47.9 Å². The van der Waals surface area contributed by atoms with E-state index in [2.05, 4.69) is 54.8 Å². The standard InChI is InChI=1S/C55H97N9O16/c1-13-16-17-18-19-20-35(67)26-42(68)56-37(23-29(4)5)48(72)57-36(21-22-43(69)70)47(71)64-46-34(12)80-55(79)45(33(11)15-3)63-52(76)41(28-66)61-49(73)38(24-30(6)7)58-51(75)40(27-65)60-50(74)39(25-31(8)9)59-53(77)44(32(10)14-2)62-54(46)78/h29-41,44-46,65-67H,13-28H2,1-12H3,(H,56,68)(H,57,72)(H,58,75)(H,59,77)(H,60,74)(H,61,73)(H,62,78)(H,63,76)(H,64,71)(H,69,70)/t32-,33+,34+,35-,36-,37+,38+,39-,40-,41-,44-,45+,46-/m1/s1. The monoisotopic (exact) mass is 1140 g/mol. The average Bonchev–Trinajstić information content (AvgIpc) is 3.38. The normalized spacial score (nSPS) is 24.2. The maximum Gasteiger partial charge on any atom is 0.329 e. The summed E-state index contributed by atoms with van der Waals surface area (Å²) in [4.78, 5) is 153. The van der Waals surface area contributed by atoms with E-state index in [1.54, 1.807) is 69.2 Å². The Labute approximate surface area is 471 Å². The minimum Gasteiger partial charge on any atom is -0.481 e. The molecule has 0 radical (unpaired) electrons. The maximum absolute atomic E-state index is 14.8. The molecule has 0 unspecified atom stereocenters. The lowest BCUT2D eigenvalue weighted by Gasteiger charge is -2.32. The lowest BCUT2D eigenvalue weighted by Crippen LogP contribution is -2.64. The molecule has 1 rings (SSSR count). The lowest BCUT2D eigenvalue weighted by molar-refractivity contribution is -0.158. The van der Waals surface area contributed by atoms with Crippen LogP contribution < -0.4 is 47.9 Å². The maximum atomic E-state index is 14.8. The topological polar surface area (TPSA) is 386 Å². The second-order valence-electron chi connectivity index (χ2n) is 22.5. The average molecular weight is 1140 g/mol. The van der Waals surface area contributed by atoms with Crippen molar-refractivity contribution in [3.05, 3.63) is 0 Å². The van der Waals surface area contributed by atoms with Gasteiger partial charge in [-0.15, -0.1) is 0 Å².